The van der Waals surface area contributed by atoms with Gasteiger partial charge in [-0.05, 0) is 25.2 Å². The van der Waals surface area contributed by atoms with Crippen LogP contribution in [0.3, 0.4) is 0 Å². The molecule has 0 heterocycles. The number of carbonyl (C=O) groups excluding carboxylic acids is 1. The molecule has 0 fully saturated rings. The molecular weight excluding hydrogens is 315 g/mol. The topological polar surface area (TPSA) is 50.8 Å². The van der Waals surface area contributed by atoms with E-state index >= 15 is 0 Å². The van der Waals surface area contributed by atoms with Gasteiger partial charge in [0, 0.05) is 32.3 Å². The monoisotopic (exact) mass is 336 g/mol. The molecule has 1 amide bonds. The summed E-state index contributed by atoms with van der Waals surface area (Å²) < 4.78 is 10.5. The molecule has 21 heavy (non-hydrogen) atoms. The predicted molar refractivity (Wildman–Crippen MR) is 87.0 cm³/mol. The maximum atomic E-state index is 12.4. The fraction of sp³-hybridized carbons (Fsp3) is 0.500. The summed E-state index contributed by atoms with van der Waals surface area (Å²) in [6.07, 6.45) is 0. The second-order valence-electron chi connectivity index (χ2n) is 4.31. The van der Waals surface area contributed by atoms with Crippen molar-refractivity contribution in [1.29, 1.82) is 0 Å². The molecule has 0 saturated carbocycles. The van der Waals surface area contributed by atoms with Crippen molar-refractivity contribution in [3.05, 3.63) is 28.8 Å². The van der Waals surface area contributed by atoms with E-state index in [-0.39, 0.29) is 18.3 Å². The van der Waals surface area contributed by atoms with Crippen LogP contribution in [0.5, 0.6) is 5.75 Å². The predicted octanol–water partition coefficient (Wildman–Crippen LogP) is 2.08. The number of halogens is 2. The van der Waals surface area contributed by atoms with Crippen molar-refractivity contribution in [1.82, 2.24) is 10.2 Å². The average Bonchev–Trinajstić information content (AvgIpc) is 2.45. The Morgan fingerprint density at radius 2 is 2.10 bits per heavy atom. The van der Waals surface area contributed by atoms with Crippen molar-refractivity contribution in [2.24, 2.45) is 0 Å². The number of carbonyl (C=O) groups is 1. The van der Waals surface area contributed by atoms with Gasteiger partial charge in [0.15, 0.2) is 0 Å². The molecule has 5 nitrogen and oxygen atoms in total. The highest BCUT2D eigenvalue weighted by molar-refractivity contribution is 6.31. The van der Waals surface area contributed by atoms with E-state index in [0.29, 0.717) is 36.1 Å². The van der Waals surface area contributed by atoms with Crippen molar-refractivity contribution >= 4 is 29.9 Å². The SMILES string of the molecule is CNCCN(C)C(=O)c1cc(Cl)ccc1OCCOC.Cl. The first-order valence-corrected chi connectivity index (χ1v) is 6.79. The molecule has 0 unspecified atom stereocenters. The number of nitrogens with one attached hydrogen (secondary N) is 1. The van der Waals surface area contributed by atoms with Gasteiger partial charge in [0.05, 0.1) is 12.2 Å². The number of amides is 1. The Morgan fingerprint density at radius 1 is 1.38 bits per heavy atom. The van der Waals surface area contributed by atoms with E-state index in [4.69, 9.17) is 21.1 Å². The van der Waals surface area contributed by atoms with Crippen LogP contribution in [0.2, 0.25) is 5.02 Å². The van der Waals surface area contributed by atoms with Crippen LogP contribution in [-0.4, -0.2) is 58.3 Å². The summed E-state index contributed by atoms with van der Waals surface area (Å²) in [5.41, 5.74) is 0.465. The lowest BCUT2D eigenvalue weighted by molar-refractivity contribution is 0.0789. The molecule has 120 valence electrons. The van der Waals surface area contributed by atoms with Crippen molar-refractivity contribution in [2.45, 2.75) is 0 Å². The number of nitrogens with zero attached hydrogens (tertiary/aromatic N) is 1. The van der Waals surface area contributed by atoms with Crippen LogP contribution in [0.1, 0.15) is 10.4 Å². The first kappa shape index (κ1) is 20.0. The smallest absolute Gasteiger partial charge is 0.257 e. The molecule has 0 aliphatic rings. The number of hydrogen-bond donors (Lipinski definition) is 1. The van der Waals surface area contributed by atoms with Gasteiger partial charge in [-0.3, -0.25) is 4.79 Å². The quantitative estimate of drug-likeness (QED) is 0.738. The molecule has 1 aromatic rings. The average molecular weight is 337 g/mol. The van der Waals surface area contributed by atoms with Crippen molar-refractivity contribution < 1.29 is 14.3 Å². The van der Waals surface area contributed by atoms with Crippen LogP contribution in [0.15, 0.2) is 18.2 Å². The summed E-state index contributed by atoms with van der Waals surface area (Å²) in [4.78, 5) is 14.0. The highest BCUT2D eigenvalue weighted by atomic mass is 35.5. The van der Waals surface area contributed by atoms with Gasteiger partial charge in [0.25, 0.3) is 5.91 Å². The summed E-state index contributed by atoms with van der Waals surface area (Å²) in [6.45, 7) is 2.19. The number of likely N-dealkylation sites (N-methyl/N-ethyl adjacent to an activating group) is 2. The maximum Gasteiger partial charge on any atom is 0.257 e. The Morgan fingerprint density at radius 3 is 2.71 bits per heavy atom. The second-order valence-corrected chi connectivity index (χ2v) is 4.75. The molecular formula is C14H22Cl2N2O3. The lowest BCUT2D eigenvalue weighted by atomic mass is 10.1. The third-order valence-corrected chi connectivity index (χ3v) is 3.00. The Bertz CT molecular complexity index is 444. The van der Waals surface area contributed by atoms with Crippen LogP contribution in [-0.2, 0) is 4.74 Å². The number of methoxy groups -OCH3 is 1. The molecule has 1 aromatic carbocycles. The molecule has 0 spiro atoms. The summed E-state index contributed by atoms with van der Waals surface area (Å²) in [6, 6.07) is 5.03. The van der Waals surface area contributed by atoms with Gasteiger partial charge in [0.1, 0.15) is 12.4 Å². The first-order valence-electron chi connectivity index (χ1n) is 6.41. The van der Waals surface area contributed by atoms with E-state index in [0.717, 1.165) is 6.54 Å². The number of ether oxygens (including phenoxy) is 2. The van der Waals surface area contributed by atoms with Crippen LogP contribution in [0, 0.1) is 0 Å². The molecule has 0 atom stereocenters. The Labute approximate surface area is 137 Å². The second kappa shape index (κ2) is 10.7. The Balaban J connectivity index is 0.00000400. The molecule has 0 aliphatic carbocycles. The maximum absolute atomic E-state index is 12.4. The molecule has 0 radical (unpaired) electrons. The fourth-order valence-electron chi connectivity index (χ4n) is 1.62. The number of rotatable bonds is 8. The molecule has 0 aliphatic heterocycles. The zero-order chi connectivity index (χ0) is 15.0. The van der Waals surface area contributed by atoms with Crippen LogP contribution >= 0.6 is 24.0 Å². The van der Waals surface area contributed by atoms with Gasteiger partial charge < -0.3 is 19.7 Å². The minimum absolute atomic E-state index is 0. The highest BCUT2D eigenvalue weighted by Gasteiger charge is 2.17. The van der Waals surface area contributed by atoms with Crippen molar-refractivity contribution in [2.75, 3.05) is 47.5 Å². The van der Waals surface area contributed by atoms with Gasteiger partial charge in [0.2, 0.25) is 0 Å². The standard InChI is InChI=1S/C14H21ClN2O3.ClH/c1-16-6-7-17(2)14(18)12-10-11(15)4-5-13(12)20-9-8-19-3;/h4-5,10,16H,6-9H2,1-3H3;1H. The van der Waals surface area contributed by atoms with Crippen LogP contribution in [0.25, 0.3) is 0 Å². The van der Waals surface area contributed by atoms with Gasteiger partial charge >= 0.3 is 0 Å². The van der Waals surface area contributed by atoms with Crippen LogP contribution in [0.4, 0.5) is 0 Å². The Hall–Kier alpha value is -1.01. The highest BCUT2D eigenvalue weighted by Crippen LogP contribution is 2.24. The van der Waals surface area contributed by atoms with Gasteiger partial charge in [-0.2, -0.15) is 0 Å². The van der Waals surface area contributed by atoms with Gasteiger partial charge in [-0.1, -0.05) is 11.6 Å². The van der Waals surface area contributed by atoms with Crippen molar-refractivity contribution in [3.8, 4) is 5.75 Å². The zero-order valence-corrected chi connectivity index (χ0v) is 14.1. The van der Waals surface area contributed by atoms with Crippen molar-refractivity contribution in [3.63, 3.8) is 0 Å². The first-order chi connectivity index (χ1) is 9.60. The van der Waals surface area contributed by atoms with Crippen LogP contribution < -0.4 is 10.1 Å². The van der Waals surface area contributed by atoms with E-state index in [1.807, 2.05) is 7.05 Å². The molecule has 0 aromatic heterocycles. The third kappa shape index (κ3) is 6.52. The molecule has 1 N–H and O–H groups in total. The lowest BCUT2D eigenvalue weighted by Gasteiger charge is -2.19. The summed E-state index contributed by atoms with van der Waals surface area (Å²) in [7, 11) is 5.19. The zero-order valence-electron chi connectivity index (χ0n) is 12.5. The van der Waals surface area contributed by atoms with E-state index in [2.05, 4.69) is 5.32 Å². The number of hydrogen-bond acceptors (Lipinski definition) is 4. The summed E-state index contributed by atoms with van der Waals surface area (Å²) in [5.74, 6) is 0.405. The molecule has 0 bridgehead atoms. The normalized spacial score (nSPS) is 9.90. The summed E-state index contributed by atoms with van der Waals surface area (Å²) >= 11 is 5.97. The third-order valence-electron chi connectivity index (χ3n) is 2.76. The van der Waals surface area contributed by atoms with E-state index < -0.39 is 0 Å². The molecule has 7 heteroatoms. The number of benzene rings is 1. The summed E-state index contributed by atoms with van der Waals surface area (Å²) in [5, 5.41) is 3.51. The minimum Gasteiger partial charge on any atom is -0.490 e. The molecule has 1 rings (SSSR count). The lowest BCUT2D eigenvalue weighted by Crippen LogP contribution is -2.33. The van der Waals surface area contributed by atoms with E-state index in [1.165, 1.54) is 0 Å². The van der Waals surface area contributed by atoms with E-state index in [1.54, 1.807) is 37.3 Å². The Kier molecular flexibility index (Phi) is 10.2. The molecule has 0 saturated heterocycles. The minimum atomic E-state index is -0.116. The fourth-order valence-corrected chi connectivity index (χ4v) is 1.79. The van der Waals surface area contributed by atoms with E-state index in [9.17, 15) is 4.79 Å². The van der Waals surface area contributed by atoms with Gasteiger partial charge in [-0.25, -0.2) is 0 Å². The van der Waals surface area contributed by atoms with Gasteiger partial charge in [-0.15, -0.1) is 12.4 Å². The largest absolute Gasteiger partial charge is 0.490 e.